The van der Waals surface area contributed by atoms with Gasteiger partial charge in [0, 0.05) is 25.6 Å². The number of nitrogens with zero attached hydrogens (tertiary/aromatic N) is 1. The van der Waals surface area contributed by atoms with Crippen LogP contribution < -0.4 is 5.32 Å². The maximum atomic E-state index is 12.0. The van der Waals surface area contributed by atoms with Crippen LogP contribution in [0, 0.1) is 5.92 Å². The summed E-state index contributed by atoms with van der Waals surface area (Å²) in [6, 6.07) is 0.460. The third kappa shape index (κ3) is 2.94. The number of nitrogens with one attached hydrogen (secondary N) is 1. The van der Waals surface area contributed by atoms with E-state index < -0.39 is 0 Å². The van der Waals surface area contributed by atoms with Crippen molar-refractivity contribution in [1.82, 2.24) is 10.2 Å². The lowest BCUT2D eigenvalue weighted by molar-refractivity contribution is -0.132. The number of hydrogen-bond donors (Lipinski definition) is 1. The summed E-state index contributed by atoms with van der Waals surface area (Å²) >= 11 is 0. The molecule has 0 aromatic rings. The quantitative estimate of drug-likeness (QED) is 0.743. The molecule has 2 aliphatic rings. The van der Waals surface area contributed by atoms with Crippen LogP contribution in [0.5, 0.6) is 0 Å². The lowest BCUT2D eigenvalue weighted by Crippen LogP contribution is -2.40. The summed E-state index contributed by atoms with van der Waals surface area (Å²) in [5.74, 6) is 1.26. The van der Waals surface area contributed by atoms with Gasteiger partial charge in [-0.3, -0.25) is 4.79 Å². The number of hydrogen-bond acceptors (Lipinski definition) is 2. The van der Waals surface area contributed by atoms with Crippen LogP contribution in [0.1, 0.15) is 38.5 Å². The van der Waals surface area contributed by atoms with Gasteiger partial charge in [-0.05, 0) is 32.2 Å². The molecule has 1 amide bonds. The van der Waals surface area contributed by atoms with Crippen LogP contribution in [0.2, 0.25) is 0 Å². The molecule has 0 radical (unpaired) electrons. The maximum absolute atomic E-state index is 12.0. The van der Waals surface area contributed by atoms with Crippen molar-refractivity contribution in [2.24, 2.45) is 5.92 Å². The maximum Gasteiger partial charge on any atom is 0.222 e. The Kier molecular flexibility index (Phi) is 3.62. The minimum Gasteiger partial charge on any atom is -0.338 e. The third-order valence-electron chi connectivity index (χ3n) is 3.60. The fourth-order valence-electron chi connectivity index (χ4n) is 2.49. The Morgan fingerprint density at radius 1 is 1.40 bits per heavy atom. The molecule has 0 aromatic heterocycles. The topological polar surface area (TPSA) is 32.3 Å². The first-order valence-electron chi connectivity index (χ1n) is 6.25. The molecule has 3 nitrogen and oxygen atoms in total. The van der Waals surface area contributed by atoms with Crippen LogP contribution in [-0.2, 0) is 4.79 Å². The second-order valence-electron chi connectivity index (χ2n) is 4.92. The highest BCUT2D eigenvalue weighted by molar-refractivity contribution is 5.76. The van der Waals surface area contributed by atoms with Crippen molar-refractivity contribution in [2.75, 3.05) is 20.1 Å². The largest absolute Gasteiger partial charge is 0.338 e. The molecule has 15 heavy (non-hydrogen) atoms. The van der Waals surface area contributed by atoms with Gasteiger partial charge in [0.1, 0.15) is 0 Å². The van der Waals surface area contributed by atoms with Gasteiger partial charge in [0.2, 0.25) is 5.91 Å². The summed E-state index contributed by atoms with van der Waals surface area (Å²) in [6.45, 7) is 1.94. The van der Waals surface area contributed by atoms with Gasteiger partial charge in [0.05, 0.1) is 0 Å². The van der Waals surface area contributed by atoms with Crippen LogP contribution in [-0.4, -0.2) is 37.0 Å². The second-order valence-corrected chi connectivity index (χ2v) is 4.92. The van der Waals surface area contributed by atoms with Crippen molar-refractivity contribution < 1.29 is 4.79 Å². The summed E-state index contributed by atoms with van der Waals surface area (Å²) < 4.78 is 0. The Balaban J connectivity index is 1.76. The first-order valence-corrected chi connectivity index (χ1v) is 6.25. The van der Waals surface area contributed by atoms with E-state index in [-0.39, 0.29) is 0 Å². The first kappa shape index (κ1) is 10.9. The van der Waals surface area contributed by atoms with Crippen molar-refractivity contribution in [2.45, 2.75) is 44.6 Å². The smallest absolute Gasteiger partial charge is 0.222 e. The minimum absolute atomic E-state index is 0.389. The molecule has 1 unspecified atom stereocenters. The van der Waals surface area contributed by atoms with Crippen LogP contribution >= 0.6 is 0 Å². The summed E-state index contributed by atoms with van der Waals surface area (Å²) in [6.07, 6.45) is 6.98. The van der Waals surface area contributed by atoms with E-state index in [0.717, 1.165) is 31.8 Å². The molecule has 0 bridgehead atoms. The van der Waals surface area contributed by atoms with E-state index in [0.29, 0.717) is 11.9 Å². The lowest BCUT2D eigenvalue weighted by atomic mass is 10.2. The highest BCUT2D eigenvalue weighted by Crippen LogP contribution is 2.34. The van der Waals surface area contributed by atoms with E-state index >= 15 is 0 Å². The van der Waals surface area contributed by atoms with E-state index in [1.54, 1.807) is 0 Å². The normalized spacial score (nSPS) is 25.9. The number of carbonyl (C=O) groups is 1. The zero-order valence-electron chi connectivity index (χ0n) is 9.67. The fraction of sp³-hybridized carbons (Fsp3) is 0.917. The first-order chi connectivity index (χ1) is 7.31. The molecule has 0 aromatic carbocycles. The van der Waals surface area contributed by atoms with Crippen LogP contribution in [0.3, 0.4) is 0 Å². The molecule has 86 valence electrons. The molecular weight excluding hydrogens is 188 g/mol. The van der Waals surface area contributed by atoms with Gasteiger partial charge in [0.25, 0.3) is 0 Å². The number of likely N-dealkylation sites (N-methyl/N-ethyl adjacent to an activating group) is 1. The van der Waals surface area contributed by atoms with Gasteiger partial charge in [0.15, 0.2) is 0 Å². The second kappa shape index (κ2) is 4.97. The molecule has 1 saturated heterocycles. The monoisotopic (exact) mass is 210 g/mol. The average molecular weight is 210 g/mol. The van der Waals surface area contributed by atoms with E-state index in [9.17, 15) is 4.79 Å². The molecule has 1 saturated carbocycles. The van der Waals surface area contributed by atoms with Crippen LogP contribution in [0.4, 0.5) is 0 Å². The Labute approximate surface area is 92.2 Å². The minimum atomic E-state index is 0.389. The zero-order valence-corrected chi connectivity index (χ0v) is 9.67. The van der Waals surface area contributed by atoms with Crippen molar-refractivity contribution in [3.63, 3.8) is 0 Å². The molecule has 1 aliphatic heterocycles. The van der Waals surface area contributed by atoms with Crippen LogP contribution in [0.15, 0.2) is 0 Å². The molecular formula is C12H22N2O. The third-order valence-corrected chi connectivity index (χ3v) is 3.60. The summed E-state index contributed by atoms with van der Waals surface area (Å²) in [4.78, 5) is 14.1. The Morgan fingerprint density at radius 3 is 2.87 bits per heavy atom. The SMILES string of the molecule is CNCC1CCCN1C(=O)CCC1CC1. The van der Waals surface area contributed by atoms with Crippen molar-refractivity contribution in [3.05, 3.63) is 0 Å². The lowest BCUT2D eigenvalue weighted by Gasteiger charge is -2.24. The predicted octanol–water partition coefficient (Wildman–Crippen LogP) is 1.39. The van der Waals surface area contributed by atoms with Gasteiger partial charge in [-0.1, -0.05) is 12.8 Å². The van der Waals surface area contributed by atoms with Crippen LogP contribution in [0.25, 0.3) is 0 Å². The molecule has 0 spiro atoms. The Bertz CT molecular complexity index is 226. The molecule has 1 heterocycles. The Hall–Kier alpha value is -0.570. The summed E-state index contributed by atoms with van der Waals surface area (Å²) in [5, 5.41) is 3.18. The van der Waals surface area contributed by atoms with Gasteiger partial charge in [-0.25, -0.2) is 0 Å². The standard InChI is InChI=1S/C12H22N2O/c1-13-9-11-3-2-8-14(11)12(15)7-6-10-4-5-10/h10-11,13H,2-9H2,1H3. The van der Waals surface area contributed by atoms with Crippen molar-refractivity contribution >= 4 is 5.91 Å². The molecule has 1 aliphatic carbocycles. The van der Waals surface area contributed by atoms with Gasteiger partial charge >= 0.3 is 0 Å². The number of carbonyl (C=O) groups excluding carboxylic acids is 1. The number of amides is 1. The molecule has 3 heteroatoms. The van der Waals surface area contributed by atoms with E-state index in [2.05, 4.69) is 10.2 Å². The highest BCUT2D eigenvalue weighted by atomic mass is 16.2. The Morgan fingerprint density at radius 2 is 2.20 bits per heavy atom. The molecule has 1 N–H and O–H groups in total. The summed E-state index contributed by atoms with van der Waals surface area (Å²) in [7, 11) is 1.96. The van der Waals surface area contributed by atoms with E-state index in [1.165, 1.54) is 25.7 Å². The van der Waals surface area contributed by atoms with Crippen molar-refractivity contribution in [1.29, 1.82) is 0 Å². The van der Waals surface area contributed by atoms with Gasteiger partial charge in [-0.15, -0.1) is 0 Å². The highest BCUT2D eigenvalue weighted by Gasteiger charge is 2.29. The summed E-state index contributed by atoms with van der Waals surface area (Å²) in [5.41, 5.74) is 0. The van der Waals surface area contributed by atoms with Gasteiger partial charge in [-0.2, -0.15) is 0 Å². The average Bonchev–Trinajstić information content (AvgIpc) is 2.95. The number of likely N-dealkylation sites (tertiary alicyclic amines) is 1. The predicted molar refractivity (Wildman–Crippen MR) is 60.6 cm³/mol. The molecule has 1 atom stereocenters. The molecule has 2 fully saturated rings. The fourth-order valence-corrected chi connectivity index (χ4v) is 2.49. The van der Waals surface area contributed by atoms with E-state index in [4.69, 9.17) is 0 Å². The molecule has 2 rings (SSSR count). The van der Waals surface area contributed by atoms with E-state index in [1.807, 2.05) is 7.05 Å². The van der Waals surface area contributed by atoms with Crippen molar-refractivity contribution in [3.8, 4) is 0 Å². The van der Waals surface area contributed by atoms with Gasteiger partial charge < -0.3 is 10.2 Å². The zero-order chi connectivity index (χ0) is 10.7. The number of rotatable bonds is 5.